The molecule has 0 bridgehead atoms. The monoisotopic (exact) mass is 409 g/mol. The molecule has 2 heterocycles. The van der Waals surface area contributed by atoms with Crippen LogP contribution in [0, 0.1) is 5.92 Å². The SMILES string of the molecule is CC(C)(C)c1csc(-c2ccccc2NC(=O)OCC2CCNCC2)n1.Cl. The first-order chi connectivity index (χ1) is 12.4. The topological polar surface area (TPSA) is 63.2 Å². The lowest BCUT2D eigenvalue weighted by molar-refractivity contribution is 0.131. The predicted molar refractivity (Wildman–Crippen MR) is 114 cm³/mol. The molecule has 2 aromatic rings. The van der Waals surface area contributed by atoms with Gasteiger partial charge in [0.1, 0.15) is 5.01 Å². The number of rotatable bonds is 4. The van der Waals surface area contributed by atoms with Crippen LogP contribution < -0.4 is 10.6 Å². The summed E-state index contributed by atoms with van der Waals surface area (Å²) in [6.45, 7) is 8.91. The lowest BCUT2D eigenvalue weighted by atomic mass is 9.93. The minimum Gasteiger partial charge on any atom is -0.449 e. The number of anilines is 1. The molecule has 1 saturated heterocycles. The van der Waals surface area contributed by atoms with Crippen molar-refractivity contribution in [3.8, 4) is 10.6 Å². The summed E-state index contributed by atoms with van der Waals surface area (Å²) in [4.78, 5) is 17.0. The molecule has 0 saturated carbocycles. The summed E-state index contributed by atoms with van der Waals surface area (Å²) in [5, 5.41) is 9.20. The van der Waals surface area contributed by atoms with Gasteiger partial charge in [0.15, 0.2) is 0 Å². The van der Waals surface area contributed by atoms with Crippen molar-refractivity contribution in [2.75, 3.05) is 25.0 Å². The van der Waals surface area contributed by atoms with Gasteiger partial charge in [-0.1, -0.05) is 32.9 Å². The number of amides is 1. The summed E-state index contributed by atoms with van der Waals surface area (Å²) in [5.41, 5.74) is 2.72. The number of para-hydroxylation sites is 1. The first-order valence-corrected chi connectivity index (χ1v) is 10.0. The van der Waals surface area contributed by atoms with Crippen LogP contribution in [0.25, 0.3) is 10.6 Å². The number of carbonyl (C=O) groups excluding carboxylic acids is 1. The molecule has 2 N–H and O–H groups in total. The van der Waals surface area contributed by atoms with E-state index in [4.69, 9.17) is 9.72 Å². The van der Waals surface area contributed by atoms with Gasteiger partial charge >= 0.3 is 6.09 Å². The normalized spacial score (nSPS) is 15.1. The van der Waals surface area contributed by atoms with Gasteiger partial charge in [-0.05, 0) is 44.0 Å². The van der Waals surface area contributed by atoms with E-state index in [2.05, 4.69) is 36.8 Å². The Bertz CT molecular complexity index is 752. The average Bonchev–Trinajstić information content (AvgIpc) is 3.12. The smallest absolute Gasteiger partial charge is 0.411 e. The standard InChI is InChI=1S/C20H27N3O2S.ClH/c1-20(2,3)17-13-26-18(23-17)15-6-4-5-7-16(15)22-19(24)25-12-14-8-10-21-11-9-14;/h4-7,13-14,21H,8-12H2,1-3H3,(H,22,24);1H. The fourth-order valence-corrected chi connectivity index (χ4v) is 3.99. The molecule has 0 unspecified atom stereocenters. The minimum absolute atomic E-state index is 0. The van der Waals surface area contributed by atoms with Gasteiger partial charge in [-0.3, -0.25) is 5.32 Å². The van der Waals surface area contributed by atoms with Crippen LogP contribution >= 0.6 is 23.7 Å². The fraction of sp³-hybridized carbons (Fsp3) is 0.500. The molecule has 5 nitrogen and oxygen atoms in total. The minimum atomic E-state index is -0.399. The number of aromatic nitrogens is 1. The molecule has 27 heavy (non-hydrogen) atoms. The van der Waals surface area contributed by atoms with Crippen LogP contribution in [0.3, 0.4) is 0 Å². The number of halogens is 1. The zero-order chi connectivity index (χ0) is 18.6. The molecule has 148 valence electrons. The van der Waals surface area contributed by atoms with Gasteiger partial charge in [0.25, 0.3) is 0 Å². The van der Waals surface area contributed by atoms with Crippen LogP contribution in [0.2, 0.25) is 0 Å². The summed E-state index contributed by atoms with van der Waals surface area (Å²) in [6.07, 6.45) is 1.71. The maximum atomic E-state index is 12.2. The van der Waals surface area contributed by atoms with Crippen LogP contribution in [-0.2, 0) is 10.2 Å². The van der Waals surface area contributed by atoms with Crippen molar-refractivity contribution in [1.82, 2.24) is 10.3 Å². The second-order valence-corrected chi connectivity index (χ2v) is 8.61. The molecule has 1 amide bonds. The summed E-state index contributed by atoms with van der Waals surface area (Å²) in [6, 6.07) is 7.73. The van der Waals surface area contributed by atoms with Crippen molar-refractivity contribution >= 4 is 35.5 Å². The number of carbonyl (C=O) groups is 1. The van der Waals surface area contributed by atoms with Crippen LogP contribution in [0.5, 0.6) is 0 Å². The summed E-state index contributed by atoms with van der Waals surface area (Å²) < 4.78 is 5.44. The second-order valence-electron chi connectivity index (χ2n) is 7.75. The Hall–Kier alpha value is -1.63. The average molecular weight is 410 g/mol. The third-order valence-corrected chi connectivity index (χ3v) is 5.45. The van der Waals surface area contributed by atoms with E-state index < -0.39 is 6.09 Å². The predicted octanol–water partition coefficient (Wildman–Crippen LogP) is 5.08. The number of thiazole rings is 1. The lowest BCUT2D eigenvalue weighted by Crippen LogP contribution is -2.31. The van der Waals surface area contributed by atoms with Gasteiger partial charge in [0, 0.05) is 16.4 Å². The molecule has 1 aromatic carbocycles. The summed E-state index contributed by atoms with van der Waals surface area (Å²) >= 11 is 1.60. The van der Waals surface area contributed by atoms with Gasteiger partial charge in [0.05, 0.1) is 18.0 Å². The molecule has 3 rings (SSSR count). The number of piperidine rings is 1. The molecule has 1 aliphatic heterocycles. The Morgan fingerprint density at radius 2 is 2.00 bits per heavy atom. The Kier molecular flexibility index (Phi) is 7.65. The van der Waals surface area contributed by atoms with Crippen molar-refractivity contribution in [2.24, 2.45) is 5.92 Å². The molecule has 1 fully saturated rings. The van der Waals surface area contributed by atoms with E-state index in [1.165, 1.54) is 0 Å². The van der Waals surface area contributed by atoms with Gasteiger partial charge in [-0.25, -0.2) is 9.78 Å². The highest BCUT2D eigenvalue weighted by Gasteiger charge is 2.20. The number of nitrogens with one attached hydrogen (secondary N) is 2. The third kappa shape index (κ3) is 5.92. The van der Waals surface area contributed by atoms with Gasteiger partial charge in [-0.15, -0.1) is 23.7 Å². The molecular weight excluding hydrogens is 382 g/mol. The molecule has 7 heteroatoms. The lowest BCUT2D eigenvalue weighted by Gasteiger charge is -2.22. The molecule has 0 radical (unpaired) electrons. The van der Waals surface area contributed by atoms with Crippen LogP contribution in [-0.4, -0.2) is 30.8 Å². The van der Waals surface area contributed by atoms with Crippen LogP contribution in [0.1, 0.15) is 39.3 Å². The van der Waals surface area contributed by atoms with Gasteiger partial charge in [0.2, 0.25) is 0 Å². The van der Waals surface area contributed by atoms with Crippen molar-refractivity contribution in [3.63, 3.8) is 0 Å². The number of hydrogen-bond acceptors (Lipinski definition) is 5. The summed E-state index contributed by atoms with van der Waals surface area (Å²) in [5.74, 6) is 0.450. The highest BCUT2D eigenvalue weighted by atomic mass is 35.5. The van der Waals surface area contributed by atoms with E-state index in [9.17, 15) is 4.79 Å². The van der Waals surface area contributed by atoms with Crippen LogP contribution in [0.15, 0.2) is 29.6 Å². The third-order valence-electron chi connectivity index (χ3n) is 4.58. The summed E-state index contributed by atoms with van der Waals surface area (Å²) in [7, 11) is 0. The molecule has 1 aromatic heterocycles. The van der Waals surface area contributed by atoms with E-state index in [0.29, 0.717) is 12.5 Å². The number of hydrogen-bond donors (Lipinski definition) is 2. The van der Waals surface area contributed by atoms with Gasteiger partial charge in [-0.2, -0.15) is 0 Å². The molecular formula is C20H28ClN3O2S. The number of benzene rings is 1. The number of ether oxygens (including phenoxy) is 1. The van der Waals surface area contributed by atoms with E-state index in [-0.39, 0.29) is 17.8 Å². The van der Waals surface area contributed by atoms with E-state index >= 15 is 0 Å². The highest BCUT2D eigenvalue weighted by molar-refractivity contribution is 7.13. The zero-order valence-electron chi connectivity index (χ0n) is 16.1. The maximum absolute atomic E-state index is 12.2. The first kappa shape index (κ1) is 21.7. The van der Waals surface area contributed by atoms with Crippen molar-refractivity contribution in [1.29, 1.82) is 0 Å². The van der Waals surface area contributed by atoms with E-state index in [1.54, 1.807) is 11.3 Å². The second kappa shape index (κ2) is 9.53. The van der Waals surface area contributed by atoms with Crippen molar-refractivity contribution < 1.29 is 9.53 Å². The Balaban J connectivity index is 0.00000261. The highest BCUT2D eigenvalue weighted by Crippen LogP contribution is 2.33. The molecule has 0 aliphatic carbocycles. The maximum Gasteiger partial charge on any atom is 0.411 e. The van der Waals surface area contributed by atoms with Crippen LogP contribution in [0.4, 0.5) is 10.5 Å². The molecule has 0 spiro atoms. The number of nitrogens with zero attached hydrogens (tertiary/aromatic N) is 1. The van der Waals surface area contributed by atoms with Crippen molar-refractivity contribution in [3.05, 3.63) is 35.3 Å². The Labute approximate surface area is 171 Å². The Morgan fingerprint density at radius 1 is 1.30 bits per heavy atom. The zero-order valence-corrected chi connectivity index (χ0v) is 17.7. The first-order valence-electron chi connectivity index (χ1n) is 9.13. The largest absolute Gasteiger partial charge is 0.449 e. The molecule has 0 atom stereocenters. The van der Waals surface area contributed by atoms with Crippen molar-refractivity contribution in [2.45, 2.75) is 39.0 Å². The quantitative estimate of drug-likeness (QED) is 0.739. The molecule has 1 aliphatic rings. The van der Waals surface area contributed by atoms with E-state index in [0.717, 1.165) is 47.9 Å². The van der Waals surface area contributed by atoms with Gasteiger partial charge < -0.3 is 10.1 Å². The Morgan fingerprint density at radius 3 is 2.67 bits per heavy atom. The fourth-order valence-electron chi connectivity index (χ4n) is 2.91. The van der Waals surface area contributed by atoms with E-state index in [1.807, 2.05) is 24.3 Å².